The van der Waals surface area contributed by atoms with E-state index >= 15 is 0 Å². The minimum atomic E-state index is -0.0270. The lowest BCUT2D eigenvalue weighted by Gasteiger charge is -2.07. The van der Waals surface area contributed by atoms with Crippen molar-refractivity contribution in [3.05, 3.63) is 74.4 Å². The van der Waals surface area contributed by atoms with E-state index in [0.29, 0.717) is 6.54 Å². The van der Waals surface area contributed by atoms with Gasteiger partial charge in [-0.15, -0.1) is 11.3 Å². The van der Waals surface area contributed by atoms with Gasteiger partial charge in [0.25, 0.3) is 5.56 Å². The van der Waals surface area contributed by atoms with Crippen LogP contribution >= 0.6 is 22.9 Å². The smallest absolute Gasteiger partial charge is 0.250 e. The summed E-state index contributed by atoms with van der Waals surface area (Å²) in [5.41, 5.74) is 2.98. The van der Waals surface area contributed by atoms with Gasteiger partial charge in [0.1, 0.15) is 0 Å². The van der Waals surface area contributed by atoms with Gasteiger partial charge in [-0.25, -0.2) is 0 Å². The molecule has 4 aromatic rings. The fourth-order valence-corrected chi connectivity index (χ4v) is 3.63. The van der Waals surface area contributed by atoms with Crippen LogP contribution in [0.15, 0.2) is 59.7 Å². The van der Waals surface area contributed by atoms with Gasteiger partial charge in [-0.1, -0.05) is 23.7 Å². The van der Waals surface area contributed by atoms with E-state index < -0.39 is 0 Å². The largest absolute Gasteiger partial charge is 0.310 e. The maximum absolute atomic E-state index is 12.1. The second-order valence-corrected chi connectivity index (χ2v) is 7.06. The van der Waals surface area contributed by atoms with Crippen LogP contribution in [0.5, 0.6) is 0 Å². The van der Waals surface area contributed by atoms with Gasteiger partial charge in [-0.2, -0.15) is 5.10 Å². The van der Waals surface area contributed by atoms with Crippen molar-refractivity contribution >= 4 is 33.8 Å². The number of aromatic amines is 1. The van der Waals surface area contributed by atoms with Gasteiger partial charge in [0, 0.05) is 22.5 Å². The second kappa shape index (κ2) is 5.68. The average molecular weight is 342 g/mol. The third kappa shape index (κ3) is 2.81. The third-order valence-corrected chi connectivity index (χ3v) is 4.93. The van der Waals surface area contributed by atoms with E-state index in [1.807, 2.05) is 42.6 Å². The Kier molecular flexibility index (Phi) is 3.52. The molecule has 4 nitrogen and oxygen atoms in total. The van der Waals surface area contributed by atoms with Gasteiger partial charge in [0.15, 0.2) is 0 Å². The first-order valence-corrected chi connectivity index (χ1v) is 8.27. The summed E-state index contributed by atoms with van der Waals surface area (Å²) in [6, 6.07) is 13.3. The molecule has 0 saturated heterocycles. The molecular weight excluding hydrogens is 330 g/mol. The van der Waals surface area contributed by atoms with Crippen LogP contribution in [0.2, 0.25) is 4.34 Å². The van der Waals surface area contributed by atoms with Crippen molar-refractivity contribution in [2.45, 2.75) is 6.54 Å². The number of fused-ring (bicyclic) bond motifs is 1. The van der Waals surface area contributed by atoms with E-state index in [1.165, 1.54) is 11.3 Å². The van der Waals surface area contributed by atoms with Gasteiger partial charge in [0.2, 0.25) is 0 Å². The summed E-state index contributed by atoms with van der Waals surface area (Å²) in [6.07, 6.45) is 3.67. The van der Waals surface area contributed by atoms with Crippen molar-refractivity contribution in [3.63, 3.8) is 0 Å². The number of halogens is 1. The van der Waals surface area contributed by atoms with E-state index in [9.17, 15) is 4.79 Å². The van der Waals surface area contributed by atoms with Gasteiger partial charge in [0.05, 0.1) is 22.6 Å². The average Bonchev–Trinajstić information content (AvgIpc) is 3.17. The summed E-state index contributed by atoms with van der Waals surface area (Å²) >= 11 is 7.45. The Hall–Kier alpha value is -2.37. The molecule has 0 fully saturated rings. The Morgan fingerprint density at radius 2 is 2.00 bits per heavy atom. The predicted octanol–water partition coefficient (Wildman–Crippen LogP) is 4.15. The lowest BCUT2D eigenvalue weighted by molar-refractivity contribution is 0.771. The van der Waals surface area contributed by atoms with Crippen molar-refractivity contribution in [3.8, 4) is 11.1 Å². The molecule has 6 heteroatoms. The quantitative estimate of drug-likeness (QED) is 0.608. The summed E-state index contributed by atoms with van der Waals surface area (Å²) in [5, 5.41) is 8.07. The van der Waals surface area contributed by atoms with Crippen molar-refractivity contribution in [2.75, 3.05) is 0 Å². The highest BCUT2D eigenvalue weighted by Crippen LogP contribution is 2.24. The predicted molar refractivity (Wildman–Crippen MR) is 94.2 cm³/mol. The van der Waals surface area contributed by atoms with Gasteiger partial charge in [-0.3, -0.25) is 9.89 Å². The zero-order valence-corrected chi connectivity index (χ0v) is 13.6. The Bertz CT molecular complexity index is 1050. The molecule has 3 heterocycles. The standard InChI is InChI=1S/C17H12ClN3OS/c18-16-5-4-14(23-16)10-21-9-13(3-6-17(21)22)11-1-2-12-8-19-20-15(12)7-11/h1-9H,10H2,(H,19,20). The number of H-pyrrole nitrogens is 1. The normalized spacial score (nSPS) is 11.2. The number of hydrogen-bond acceptors (Lipinski definition) is 3. The third-order valence-electron chi connectivity index (χ3n) is 3.71. The van der Waals surface area contributed by atoms with Crippen LogP contribution in [0.3, 0.4) is 0 Å². The van der Waals surface area contributed by atoms with E-state index in [1.54, 1.807) is 16.8 Å². The number of nitrogens with zero attached hydrogens (tertiary/aromatic N) is 2. The minimum Gasteiger partial charge on any atom is -0.310 e. The van der Waals surface area contributed by atoms with Crippen molar-refractivity contribution in [1.29, 1.82) is 0 Å². The van der Waals surface area contributed by atoms with E-state index in [0.717, 1.165) is 31.2 Å². The lowest BCUT2D eigenvalue weighted by atomic mass is 10.1. The molecule has 0 atom stereocenters. The van der Waals surface area contributed by atoms with Crippen molar-refractivity contribution < 1.29 is 0 Å². The molecule has 0 aliphatic rings. The topological polar surface area (TPSA) is 50.7 Å². The highest BCUT2D eigenvalue weighted by molar-refractivity contribution is 7.16. The summed E-state index contributed by atoms with van der Waals surface area (Å²) in [7, 11) is 0. The second-order valence-electron chi connectivity index (χ2n) is 5.26. The van der Waals surface area contributed by atoms with Crippen molar-refractivity contribution in [1.82, 2.24) is 14.8 Å². The van der Waals surface area contributed by atoms with Gasteiger partial charge >= 0.3 is 0 Å². The molecule has 0 saturated carbocycles. The molecule has 0 radical (unpaired) electrons. The van der Waals surface area contributed by atoms with Gasteiger partial charge < -0.3 is 4.57 Å². The number of benzene rings is 1. The highest BCUT2D eigenvalue weighted by atomic mass is 35.5. The summed E-state index contributed by atoms with van der Waals surface area (Å²) in [4.78, 5) is 13.2. The van der Waals surface area contributed by atoms with Crippen LogP contribution < -0.4 is 5.56 Å². The van der Waals surface area contributed by atoms with Crippen LogP contribution in [0.1, 0.15) is 4.88 Å². The van der Waals surface area contributed by atoms with Crippen molar-refractivity contribution in [2.24, 2.45) is 0 Å². The molecular formula is C17H12ClN3OS. The molecule has 0 amide bonds. The minimum absolute atomic E-state index is 0.0270. The fraction of sp³-hybridized carbons (Fsp3) is 0.0588. The zero-order valence-electron chi connectivity index (χ0n) is 12.0. The molecule has 3 aromatic heterocycles. The summed E-state index contributed by atoms with van der Waals surface area (Å²) < 4.78 is 2.43. The number of nitrogens with one attached hydrogen (secondary N) is 1. The maximum atomic E-state index is 12.1. The van der Waals surface area contributed by atoms with Gasteiger partial charge in [-0.05, 0) is 35.4 Å². The molecule has 1 aromatic carbocycles. The molecule has 0 aliphatic carbocycles. The first kappa shape index (κ1) is 14.2. The SMILES string of the molecule is O=c1ccc(-c2ccc3cn[nH]c3c2)cn1Cc1ccc(Cl)s1. The Balaban J connectivity index is 1.74. The van der Waals surface area contributed by atoms with E-state index in [4.69, 9.17) is 11.6 Å². The molecule has 114 valence electrons. The molecule has 0 aliphatic heterocycles. The molecule has 1 N–H and O–H groups in total. The number of pyridine rings is 1. The summed E-state index contributed by atoms with van der Waals surface area (Å²) in [5.74, 6) is 0. The van der Waals surface area contributed by atoms with Crippen LogP contribution in [-0.4, -0.2) is 14.8 Å². The van der Waals surface area contributed by atoms with E-state index in [2.05, 4.69) is 10.2 Å². The Labute approximate surface area is 141 Å². The monoisotopic (exact) mass is 341 g/mol. The highest BCUT2D eigenvalue weighted by Gasteiger charge is 2.06. The van der Waals surface area contributed by atoms with Crippen LogP contribution in [0.25, 0.3) is 22.0 Å². The lowest BCUT2D eigenvalue weighted by Crippen LogP contribution is -2.18. The summed E-state index contributed by atoms with van der Waals surface area (Å²) in [6.45, 7) is 0.524. The van der Waals surface area contributed by atoms with Crippen LogP contribution in [0.4, 0.5) is 0 Å². The first-order chi connectivity index (χ1) is 11.2. The fourth-order valence-electron chi connectivity index (χ4n) is 2.55. The maximum Gasteiger partial charge on any atom is 0.250 e. The Morgan fingerprint density at radius 3 is 2.83 bits per heavy atom. The Morgan fingerprint density at radius 1 is 1.13 bits per heavy atom. The molecule has 0 unspecified atom stereocenters. The zero-order chi connectivity index (χ0) is 15.8. The first-order valence-electron chi connectivity index (χ1n) is 7.07. The number of aromatic nitrogens is 3. The molecule has 23 heavy (non-hydrogen) atoms. The number of thiophene rings is 1. The van der Waals surface area contributed by atoms with Crippen LogP contribution in [0, 0.1) is 0 Å². The molecule has 0 bridgehead atoms. The molecule has 4 rings (SSSR count). The number of rotatable bonds is 3. The van der Waals surface area contributed by atoms with Crippen LogP contribution in [-0.2, 0) is 6.54 Å². The van der Waals surface area contributed by atoms with E-state index in [-0.39, 0.29) is 5.56 Å². The molecule has 0 spiro atoms. The number of hydrogen-bond donors (Lipinski definition) is 1.